The lowest BCUT2D eigenvalue weighted by molar-refractivity contribution is -0.0627. The van der Waals surface area contributed by atoms with Gasteiger partial charge in [0.25, 0.3) is 5.56 Å². The lowest BCUT2D eigenvalue weighted by atomic mass is 9.90. The average molecular weight is 453 g/mol. The summed E-state index contributed by atoms with van der Waals surface area (Å²) in [6.07, 6.45) is 10.5. The van der Waals surface area contributed by atoms with Gasteiger partial charge in [0.2, 0.25) is 0 Å². The minimum absolute atomic E-state index is 0.00867. The summed E-state index contributed by atoms with van der Waals surface area (Å²) in [5.41, 5.74) is 1.50. The molecule has 1 fully saturated rings. The molecule has 8 heteroatoms. The van der Waals surface area contributed by atoms with Gasteiger partial charge in [-0.2, -0.15) is 8.78 Å². The van der Waals surface area contributed by atoms with E-state index in [4.69, 9.17) is 0 Å². The molecule has 6 nitrogen and oxygen atoms in total. The van der Waals surface area contributed by atoms with Crippen molar-refractivity contribution in [1.82, 2.24) is 9.55 Å². The van der Waals surface area contributed by atoms with Crippen LogP contribution in [0.2, 0.25) is 0 Å². The topological polar surface area (TPSA) is 76.7 Å². The number of hydrogen-bond acceptors (Lipinski definition) is 5. The molecule has 3 aromatic rings. The first-order chi connectivity index (χ1) is 16.0. The van der Waals surface area contributed by atoms with Gasteiger partial charge in [-0.1, -0.05) is 25.0 Å². The Morgan fingerprint density at radius 1 is 1.18 bits per heavy atom. The van der Waals surface area contributed by atoms with Gasteiger partial charge in [0.1, 0.15) is 0 Å². The monoisotopic (exact) mass is 453 g/mol. The number of ether oxygens (including phenoxy) is 1. The molecule has 0 spiro atoms. The summed E-state index contributed by atoms with van der Waals surface area (Å²) in [6.45, 7) is -2.91. The van der Waals surface area contributed by atoms with Crippen LogP contribution in [0.4, 0.5) is 8.78 Å². The van der Waals surface area contributed by atoms with Crippen molar-refractivity contribution in [2.75, 3.05) is 0 Å². The summed E-state index contributed by atoms with van der Waals surface area (Å²) in [5, 5.41) is 12.7. The highest BCUT2D eigenvalue weighted by molar-refractivity contribution is 6.06. The summed E-state index contributed by atoms with van der Waals surface area (Å²) in [6, 6.07) is 7.37. The number of rotatable bonds is 4. The van der Waals surface area contributed by atoms with Crippen LogP contribution >= 0.6 is 0 Å². The van der Waals surface area contributed by atoms with E-state index in [0.29, 0.717) is 18.2 Å². The lowest BCUT2D eigenvalue weighted by Crippen LogP contribution is -2.34. The van der Waals surface area contributed by atoms with Crippen molar-refractivity contribution in [2.45, 2.75) is 57.3 Å². The lowest BCUT2D eigenvalue weighted by Gasteiger charge is -2.29. The molecule has 3 heterocycles. The Hall–Kier alpha value is -3.13. The molecule has 172 valence electrons. The predicted octanol–water partition coefficient (Wildman–Crippen LogP) is 4.74. The Labute approximate surface area is 189 Å². The molecule has 2 aromatic heterocycles. The van der Waals surface area contributed by atoms with E-state index < -0.39 is 12.7 Å². The van der Waals surface area contributed by atoms with Crippen LogP contribution in [0.15, 0.2) is 58.7 Å². The molecule has 2 aliphatic rings. The van der Waals surface area contributed by atoms with Gasteiger partial charge in [-0.15, -0.1) is 0 Å². The maximum absolute atomic E-state index is 13.5. The van der Waals surface area contributed by atoms with Crippen LogP contribution < -0.4 is 5.56 Å². The molecule has 0 radical (unpaired) electrons. The quantitative estimate of drug-likeness (QED) is 0.579. The number of benzene rings is 1. The average Bonchev–Trinajstić information content (AvgIpc) is 2.80. The van der Waals surface area contributed by atoms with Crippen molar-refractivity contribution in [1.29, 1.82) is 0 Å². The zero-order valence-electron chi connectivity index (χ0n) is 18.0. The van der Waals surface area contributed by atoms with Gasteiger partial charge in [-0.3, -0.25) is 9.78 Å². The first-order valence-corrected chi connectivity index (χ1v) is 11.3. The molecule has 1 aromatic carbocycles. The zero-order chi connectivity index (χ0) is 22.9. The van der Waals surface area contributed by atoms with E-state index in [9.17, 15) is 18.7 Å². The fraction of sp³-hybridized carbons (Fsp3) is 0.400. The Morgan fingerprint density at radius 3 is 2.85 bits per heavy atom. The largest absolute Gasteiger partial charge is 0.421 e. The first-order valence-electron chi connectivity index (χ1n) is 11.3. The molecule has 0 bridgehead atoms. The number of aliphatic imine (C=N–C) groups is 1. The number of aromatic nitrogens is 2. The van der Waals surface area contributed by atoms with Gasteiger partial charge in [0.05, 0.1) is 17.7 Å². The Morgan fingerprint density at radius 2 is 2.03 bits per heavy atom. The Kier molecular flexibility index (Phi) is 5.93. The second-order valence-corrected chi connectivity index (χ2v) is 8.75. The molecule has 3 unspecified atom stereocenters. The third kappa shape index (κ3) is 4.27. The van der Waals surface area contributed by atoms with Gasteiger partial charge in [-0.25, -0.2) is 4.99 Å². The van der Waals surface area contributed by atoms with Gasteiger partial charge < -0.3 is 14.4 Å². The SMILES string of the molecule is O=c1c2cc(CC3C=CN=C(OC(F)F)C3)c3cccnc3c2ccn1C1CCCCC1O. The van der Waals surface area contributed by atoms with Crippen LogP contribution in [-0.4, -0.2) is 33.3 Å². The number of pyridine rings is 2. The molecule has 33 heavy (non-hydrogen) atoms. The van der Waals surface area contributed by atoms with E-state index in [-0.39, 0.29) is 29.8 Å². The van der Waals surface area contributed by atoms with Crippen molar-refractivity contribution >= 4 is 27.6 Å². The Bertz CT molecular complexity index is 1300. The number of aliphatic hydroxyl groups is 1. The van der Waals surface area contributed by atoms with Crippen LogP contribution in [0.5, 0.6) is 0 Å². The highest BCUT2D eigenvalue weighted by Crippen LogP contribution is 2.31. The smallest absolute Gasteiger partial charge is 0.388 e. The minimum atomic E-state index is -2.91. The normalized spacial score (nSPS) is 23.3. The number of hydrogen-bond donors (Lipinski definition) is 1. The van der Waals surface area contributed by atoms with Crippen LogP contribution in [-0.2, 0) is 11.2 Å². The molecule has 0 saturated heterocycles. The summed E-state index contributed by atoms with van der Waals surface area (Å²) in [5.74, 6) is -0.0856. The standard InChI is InChI=1S/C25H25F2N3O3/c26-25(27)33-22-13-15(7-10-28-22)12-16-14-19-18(23-17(16)4-3-9-29-23)8-11-30(24(19)32)20-5-1-2-6-21(20)31/h3-4,7-11,14-15,20-21,25,31H,1-2,5-6,12-13H2. The maximum Gasteiger partial charge on any atom is 0.388 e. The van der Waals surface area contributed by atoms with Crippen LogP contribution in [0.3, 0.4) is 0 Å². The fourth-order valence-electron chi connectivity index (χ4n) is 5.09. The number of aliphatic hydroxyl groups excluding tert-OH is 1. The molecular formula is C25H25F2N3O3. The number of alkyl halides is 2. The van der Waals surface area contributed by atoms with E-state index in [1.165, 1.54) is 6.20 Å². The second-order valence-electron chi connectivity index (χ2n) is 8.75. The van der Waals surface area contributed by atoms with E-state index in [1.807, 2.05) is 30.3 Å². The highest BCUT2D eigenvalue weighted by Gasteiger charge is 2.26. The second kappa shape index (κ2) is 9.02. The van der Waals surface area contributed by atoms with Crippen molar-refractivity contribution < 1.29 is 18.6 Å². The molecular weight excluding hydrogens is 428 g/mol. The van der Waals surface area contributed by atoms with Crippen molar-refractivity contribution in [3.8, 4) is 0 Å². The number of nitrogens with zero attached hydrogens (tertiary/aromatic N) is 3. The fourth-order valence-corrected chi connectivity index (χ4v) is 5.09. The molecule has 5 rings (SSSR count). The van der Waals surface area contributed by atoms with Crippen molar-refractivity contribution in [2.24, 2.45) is 10.9 Å². The van der Waals surface area contributed by atoms with E-state index in [0.717, 1.165) is 41.1 Å². The van der Waals surface area contributed by atoms with Crippen LogP contribution in [0, 0.1) is 5.92 Å². The van der Waals surface area contributed by atoms with E-state index >= 15 is 0 Å². The van der Waals surface area contributed by atoms with Crippen LogP contribution in [0.1, 0.15) is 43.7 Å². The molecule has 0 amide bonds. The minimum Gasteiger partial charge on any atom is -0.421 e. The van der Waals surface area contributed by atoms with E-state index in [2.05, 4.69) is 14.7 Å². The number of fused-ring (bicyclic) bond motifs is 3. The highest BCUT2D eigenvalue weighted by atomic mass is 19.3. The van der Waals surface area contributed by atoms with Gasteiger partial charge >= 0.3 is 6.61 Å². The van der Waals surface area contributed by atoms with Gasteiger partial charge in [-0.05, 0) is 48.9 Å². The molecule has 1 aliphatic carbocycles. The van der Waals surface area contributed by atoms with Crippen molar-refractivity contribution in [3.05, 3.63) is 64.9 Å². The summed E-state index contributed by atoms with van der Waals surface area (Å²) >= 11 is 0. The third-order valence-electron chi connectivity index (χ3n) is 6.66. The summed E-state index contributed by atoms with van der Waals surface area (Å²) in [7, 11) is 0. The predicted molar refractivity (Wildman–Crippen MR) is 122 cm³/mol. The number of halogens is 2. The summed E-state index contributed by atoms with van der Waals surface area (Å²) in [4.78, 5) is 22.0. The first kappa shape index (κ1) is 21.7. The zero-order valence-corrected chi connectivity index (χ0v) is 18.0. The third-order valence-corrected chi connectivity index (χ3v) is 6.66. The van der Waals surface area contributed by atoms with E-state index in [1.54, 1.807) is 17.0 Å². The van der Waals surface area contributed by atoms with Gasteiger partial charge in [0, 0.05) is 41.2 Å². The molecule has 1 N–H and O–H groups in total. The molecule has 3 atom stereocenters. The number of allylic oxidation sites excluding steroid dienone is 1. The van der Waals surface area contributed by atoms with Gasteiger partial charge in [0.15, 0.2) is 5.90 Å². The maximum atomic E-state index is 13.5. The molecule has 1 aliphatic heterocycles. The van der Waals surface area contributed by atoms with Crippen LogP contribution in [0.25, 0.3) is 21.7 Å². The Balaban J connectivity index is 1.57. The van der Waals surface area contributed by atoms with Crippen molar-refractivity contribution in [3.63, 3.8) is 0 Å². The summed E-state index contributed by atoms with van der Waals surface area (Å²) < 4.78 is 31.4. The molecule has 1 saturated carbocycles.